The second kappa shape index (κ2) is 10.4. The molecule has 3 aliphatic rings. The van der Waals surface area contributed by atoms with Gasteiger partial charge in [0.05, 0.1) is 0 Å². The van der Waals surface area contributed by atoms with Crippen LogP contribution >= 0.6 is 0 Å². The Morgan fingerprint density at radius 3 is 1.38 bits per heavy atom. The lowest BCUT2D eigenvalue weighted by molar-refractivity contribution is 0.390. The number of allylic oxidation sites excluding steroid dienone is 11. The second-order valence-electron chi connectivity index (χ2n) is 8.93. The highest BCUT2D eigenvalue weighted by molar-refractivity contribution is 5.80. The Bertz CT molecular complexity index is 1480. The van der Waals surface area contributed by atoms with E-state index in [2.05, 4.69) is 91.1 Å². The van der Waals surface area contributed by atoms with Gasteiger partial charge in [-0.05, 0) is 41.9 Å². The summed E-state index contributed by atoms with van der Waals surface area (Å²) in [5, 5.41) is 0. The van der Waals surface area contributed by atoms with Gasteiger partial charge in [0.15, 0.2) is 0 Å². The molecule has 6 rings (SSSR count). The molecule has 2 aliphatic heterocycles. The molecule has 0 bridgehead atoms. The molecule has 0 saturated heterocycles. The maximum Gasteiger partial charge on any atom is 0.135 e. The van der Waals surface area contributed by atoms with Gasteiger partial charge in [0.2, 0.25) is 0 Å². The maximum atomic E-state index is 6.48. The number of hydrogen-bond donors (Lipinski definition) is 0. The van der Waals surface area contributed by atoms with Gasteiger partial charge in [0.1, 0.15) is 23.0 Å². The van der Waals surface area contributed by atoms with Crippen molar-refractivity contribution in [3.63, 3.8) is 0 Å². The lowest BCUT2D eigenvalue weighted by atomic mass is 9.96. The highest BCUT2D eigenvalue weighted by atomic mass is 16.5. The maximum absolute atomic E-state index is 6.48. The zero-order valence-corrected chi connectivity index (χ0v) is 20.4. The van der Waals surface area contributed by atoms with Crippen molar-refractivity contribution >= 4 is 17.3 Å². The lowest BCUT2D eigenvalue weighted by Crippen LogP contribution is -2.05. The Morgan fingerprint density at radius 1 is 0.459 bits per heavy atom. The van der Waals surface area contributed by atoms with Crippen LogP contribution in [0.25, 0.3) is 17.3 Å². The molecule has 0 atom stereocenters. The van der Waals surface area contributed by atoms with E-state index in [1.54, 1.807) is 0 Å². The molecule has 0 N–H and O–H groups in total. The Labute approximate surface area is 217 Å². The molecule has 2 heteroatoms. The monoisotopic (exact) mass is 478 g/mol. The summed E-state index contributed by atoms with van der Waals surface area (Å²) >= 11 is 0. The summed E-state index contributed by atoms with van der Waals surface area (Å²) in [4.78, 5) is 0. The first-order valence-corrected chi connectivity index (χ1v) is 12.5. The summed E-state index contributed by atoms with van der Waals surface area (Å²) in [5.41, 5.74) is 6.30. The SMILES string of the molecule is C1=CCC=C(C2=CC(=C3C=C(c4ccccc4)OC(c4ccccc4)=C3)C=C(c3ccccc3)O2)C=C1. The van der Waals surface area contributed by atoms with Crippen LogP contribution in [-0.4, -0.2) is 0 Å². The van der Waals surface area contributed by atoms with Gasteiger partial charge < -0.3 is 9.47 Å². The van der Waals surface area contributed by atoms with E-state index >= 15 is 0 Å². The molecule has 0 radical (unpaired) electrons. The molecule has 1 aliphatic carbocycles. The van der Waals surface area contributed by atoms with Crippen LogP contribution < -0.4 is 0 Å². The van der Waals surface area contributed by atoms with Crippen molar-refractivity contribution in [1.29, 1.82) is 0 Å². The third-order valence-corrected chi connectivity index (χ3v) is 6.38. The predicted molar refractivity (Wildman–Crippen MR) is 152 cm³/mol. The first-order valence-electron chi connectivity index (χ1n) is 12.5. The first kappa shape index (κ1) is 22.6. The number of ether oxygens (including phenoxy) is 2. The Morgan fingerprint density at radius 2 is 0.892 bits per heavy atom. The van der Waals surface area contributed by atoms with Crippen LogP contribution in [0.5, 0.6) is 0 Å². The third kappa shape index (κ3) is 5.10. The summed E-state index contributed by atoms with van der Waals surface area (Å²) in [6.07, 6.45) is 19.9. The summed E-state index contributed by atoms with van der Waals surface area (Å²) in [7, 11) is 0. The van der Waals surface area contributed by atoms with E-state index in [0.29, 0.717) is 0 Å². The summed E-state index contributed by atoms with van der Waals surface area (Å²) in [5.74, 6) is 3.29. The van der Waals surface area contributed by atoms with Crippen LogP contribution in [0.1, 0.15) is 23.1 Å². The molecule has 0 saturated carbocycles. The smallest absolute Gasteiger partial charge is 0.135 e. The van der Waals surface area contributed by atoms with Crippen molar-refractivity contribution < 1.29 is 9.47 Å². The number of rotatable bonds is 4. The van der Waals surface area contributed by atoms with Crippen LogP contribution in [0, 0.1) is 0 Å². The van der Waals surface area contributed by atoms with Gasteiger partial charge >= 0.3 is 0 Å². The molecular formula is C35H26O2. The Hall–Kier alpha value is -4.82. The van der Waals surface area contributed by atoms with E-state index in [1.165, 1.54) is 0 Å². The van der Waals surface area contributed by atoms with E-state index in [4.69, 9.17) is 9.47 Å². The van der Waals surface area contributed by atoms with Gasteiger partial charge in [0.25, 0.3) is 0 Å². The third-order valence-electron chi connectivity index (χ3n) is 6.38. The van der Waals surface area contributed by atoms with Crippen LogP contribution in [0.2, 0.25) is 0 Å². The van der Waals surface area contributed by atoms with Crippen molar-refractivity contribution in [2.45, 2.75) is 6.42 Å². The van der Waals surface area contributed by atoms with Gasteiger partial charge in [0, 0.05) is 22.3 Å². The molecule has 2 heterocycles. The van der Waals surface area contributed by atoms with Crippen LogP contribution in [-0.2, 0) is 9.47 Å². The molecule has 2 nitrogen and oxygen atoms in total. The van der Waals surface area contributed by atoms with Crippen molar-refractivity contribution in [1.82, 2.24) is 0 Å². The van der Waals surface area contributed by atoms with Gasteiger partial charge in [-0.2, -0.15) is 0 Å². The lowest BCUT2D eigenvalue weighted by Gasteiger charge is -2.23. The normalized spacial score (nSPS) is 16.9. The van der Waals surface area contributed by atoms with E-state index in [9.17, 15) is 0 Å². The van der Waals surface area contributed by atoms with E-state index in [-0.39, 0.29) is 0 Å². The Balaban J connectivity index is 1.54. The molecule has 0 fully saturated rings. The van der Waals surface area contributed by atoms with Gasteiger partial charge in [-0.15, -0.1) is 0 Å². The minimum Gasteiger partial charge on any atom is -0.456 e. The van der Waals surface area contributed by atoms with Crippen LogP contribution in [0.3, 0.4) is 0 Å². The second-order valence-corrected chi connectivity index (χ2v) is 8.93. The van der Waals surface area contributed by atoms with Gasteiger partial charge in [-0.1, -0.05) is 121 Å². The molecule has 37 heavy (non-hydrogen) atoms. The molecule has 0 amide bonds. The molecule has 178 valence electrons. The minimum absolute atomic E-state index is 0.818. The zero-order valence-electron chi connectivity index (χ0n) is 20.4. The average Bonchev–Trinajstić information content (AvgIpc) is 3.28. The van der Waals surface area contributed by atoms with Gasteiger partial charge in [-0.25, -0.2) is 0 Å². The van der Waals surface area contributed by atoms with E-state index in [1.807, 2.05) is 54.6 Å². The first-order chi connectivity index (χ1) is 18.3. The fourth-order valence-corrected chi connectivity index (χ4v) is 4.47. The minimum atomic E-state index is 0.818. The Kier molecular flexibility index (Phi) is 6.38. The van der Waals surface area contributed by atoms with Crippen molar-refractivity contribution in [3.05, 3.63) is 185 Å². The fourth-order valence-electron chi connectivity index (χ4n) is 4.47. The van der Waals surface area contributed by atoms with Crippen molar-refractivity contribution in [3.8, 4) is 0 Å². The topological polar surface area (TPSA) is 18.5 Å². The molecule has 3 aromatic carbocycles. The van der Waals surface area contributed by atoms with Gasteiger partial charge in [-0.3, -0.25) is 0 Å². The van der Waals surface area contributed by atoms with E-state index < -0.39 is 0 Å². The predicted octanol–water partition coefficient (Wildman–Crippen LogP) is 8.79. The van der Waals surface area contributed by atoms with E-state index in [0.717, 1.165) is 62.9 Å². The summed E-state index contributed by atoms with van der Waals surface area (Å²) in [6.45, 7) is 0. The average molecular weight is 479 g/mol. The molecule has 0 spiro atoms. The van der Waals surface area contributed by atoms with Crippen molar-refractivity contribution in [2.24, 2.45) is 0 Å². The molecule has 0 unspecified atom stereocenters. The summed E-state index contributed by atoms with van der Waals surface area (Å²) in [6, 6.07) is 30.7. The van der Waals surface area contributed by atoms with Crippen molar-refractivity contribution in [2.75, 3.05) is 0 Å². The number of benzene rings is 3. The largest absolute Gasteiger partial charge is 0.456 e. The zero-order chi connectivity index (χ0) is 24.9. The quantitative estimate of drug-likeness (QED) is 0.373. The molecule has 0 aromatic heterocycles. The highest BCUT2D eigenvalue weighted by Gasteiger charge is 2.21. The molecular weight excluding hydrogens is 452 g/mol. The number of hydrogen-bond acceptors (Lipinski definition) is 2. The standard InChI is InChI=1S/C35H26O2/c1-2-7-15-26(14-6-1)32-22-30(23-33(36-32)27-16-8-3-9-17-27)31-24-34(28-18-10-4-11-19-28)37-35(25-31)29-20-12-5-13-21-29/h1-6,8-25H,7H2. The van der Waals surface area contributed by atoms with Crippen LogP contribution in [0.4, 0.5) is 0 Å². The highest BCUT2D eigenvalue weighted by Crippen LogP contribution is 2.37. The van der Waals surface area contributed by atoms with Crippen LogP contribution in [0.15, 0.2) is 168 Å². The summed E-state index contributed by atoms with van der Waals surface area (Å²) < 4.78 is 12.9. The fraction of sp³-hybridized carbons (Fsp3) is 0.0286. The molecule has 3 aromatic rings.